The van der Waals surface area contributed by atoms with Crippen LogP contribution in [0.3, 0.4) is 0 Å². The van der Waals surface area contributed by atoms with Crippen LogP contribution in [0.25, 0.3) is 0 Å². The van der Waals surface area contributed by atoms with Gasteiger partial charge in [-0.25, -0.2) is 4.79 Å². The number of urea groups is 1. The number of alkyl halides is 3. The molecule has 0 saturated heterocycles. The van der Waals surface area contributed by atoms with Crippen molar-refractivity contribution in [1.82, 2.24) is 10.2 Å². The fraction of sp³-hybridized carbons (Fsp3) is 0.235. The molecule has 0 aliphatic heterocycles. The first-order chi connectivity index (χ1) is 10.9. The van der Waals surface area contributed by atoms with Crippen molar-refractivity contribution in [1.29, 1.82) is 0 Å². The van der Waals surface area contributed by atoms with Crippen LogP contribution in [0.4, 0.5) is 18.0 Å². The van der Waals surface area contributed by atoms with E-state index < -0.39 is 11.7 Å². The van der Waals surface area contributed by atoms with E-state index in [1.807, 2.05) is 30.3 Å². The van der Waals surface area contributed by atoms with Crippen LogP contribution < -0.4 is 5.32 Å². The van der Waals surface area contributed by atoms with Gasteiger partial charge >= 0.3 is 12.2 Å². The van der Waals surface area contributed by atoms with Crippen LogP contribution in [0, 0.1) is 0 Å². The largest absolute Gasteiger partial charge is 0.416 e. The lowest BCUT2D eigenvalue weighted by molar-refractivity contribution is -0.137. The zero-order valence-electron chi connectivity index (χ0n) is 12.6. The fourth-order valence-electron chi connectivity index (χ4n) is 2.10. The van der Waals surface area contributed by atoms with Gasteiger partial charge in [0.2, 0.25) is 0 Å². The second-order valence-corrected chi connectivity index (χ2v) is 5.20. The molecule has 0 unspecified atom stereocenters. The Morgan fingerprint density at radius 2 is 1.70 bits per heavy atom. The minimum Gasteiger partial charge on any atom is -0.334 e. The number of carbonyl (C=O) groups is 1. The Balaban J connectivity index is 1.91. The van der Waals surface area contributed by atoms with Crippen LogP contribution in [0.1, 0.15) is 16.7 Å². The van der Waals surface area contributed by atoms with E-state index in [1.165, 1.54) is 11.0 Å². The molecule has 2 rings (SSSR count). The average Bonchev–Trinajstić information content (AvgIpc) is 2.53. The zero-order chi connectivity index (χ0) is 16.9. The van der Waals surface area contributed by atoms with E-state index in [0.717, 1.165) is 17.7 Å². The Labute approximate surface area is 132 Å². The molecule has 0 radical (unpaired) electrons. The number of benzene rings is 2. The molecule has 0 heterocycles. The summed E-state index contributed by atoms with van der Waals surface area (Å²) in [6, 6.07) is 14.0. The number of amides is 2. The maximum absolute atomic E-state index is 12.6. The molecule has 0 aromatic heterocycles. The van der Waals surface area contributed by atoms with Crippen molar-refractivity contribution >= 4 is 6.03 Å². The predicted octanol–water partition coefficient (Wildman–Crippen LogP) is 4.05. The summed E-state index contributed by atoms with van der Waals surface area (Å²) in [5.41, 5.74) is 0.660. The van der Waals surface area contributed by atoms with E-state index >= 15 is 0 Å². The van der Waals surface area contributed by atoms with Gasteiger partial charge in [0.05, 0.1) is 5.56 Å². The van der Waals surface area contributed by atoms with Gasteiger partial charge in [-0.05, 0) is 23.3 Å². The highest BCUT2D eigenvalue weighted by Gasteiger charge is 2.30. The van der Waals surface area contributed by atoms with Crippen LogP contribution in [-0.4, -0.2) is 18.0 Å². The van der Waals surface area contributed by atoms with Gasteiger partial charge in [0.1, 0.15) is 0 Å². The number of nitrogens with one attached hydrogen (secondary N) is 1. The summed E-state index contributed by atoms with van der Waals surface area (Å²) in [6.07, 6.45) is -4.38. The molecule has 6 heteroatoms. The van der Waals surface area contributed by atoms with Gasteiger partial charge in [-0.1, -0.05) is 42.5 Å². The molecular formula is C17H17F3N2O. The van der Waals surface area contributed by atoms with Crippen molar-refractivity contribution in [3.8, 4) is 0 Å². The average molecular weight is 322 g/mol. The maximum atomic E-state index is 12.6. The lowest BCUT2D eigenvalue weighted by atomic mass is 10.1. The van der Waals surface area contributed by atoms with E-state index in [4.69, 9.17) is 0 Å². The zero-order valence-corrected chi connectivity index (χ0v) is 12.6. The summed E-state index contributed by atoms with van der Waals surface area (Å²) in [7, 11) is 1.63. The minimum absolute atomic E-state index is 0.0435. The highest BCUT2D eigenvalue weighted by atomic mass is 19.4. The van der Waals surface area contributed by atoms with Gasteiger partial charge in [-0.3, -0.25) is 0 Å². The molecule has 0 spiro atoms. The van der Waals surface area contributed by atoms with Crippen molar-refractivity contribution in [2.24, 2.45) is 0 Å². The lowest BCUT2D eigenvalue weighted by Crippen LogP contribution is -2.36. The van der Waals surface area contributed by atoms with Crippen molar-refractivity contribution in [2.75, 3.05) is 7.05 Å². The number of hydrogen-bond donors (Lipinski definition) is 1. The summed E-state index contributed by atoms with van der Waals surface area (Å²) in [6.45, 7) is 0.469. The van der Waals surface area contributed by atoms with Crippen LogP contribution in [0.2, 0.25) is 0 Å². The quantitative estimate of drug-likeness (QED) is 0.905. The molecule has 2 aromatic rings. The van der Waals surface area contributed by atoms with Gasteiger partial charge in [-0.15, -0.1) is 0 Å². The van der Waals surface area contributed by atoms with E-state index in [-0.39, 0.29) is 12.6 Å². The second-order valence-electron chi connectivity index (χ2n) is 5.20. The van der Waals surface area contributed by atoms with Crippen LogP contribution >= 0.6 is 0 Å². The third-order valence-corrected chi connectivity index (χ3v) is 3.31. The molecule has 0 bridgehead atoms. The highest BCUT2D eigenvalue weighted by molar-refractivity contribution is 5.73. The Morgan fingerprint density at radius 1 is 1.04 bits per heavy atom. The normalized spacial score (nSPS) is 11.1. The van der Waals surface area contributed by atoms with Gasteiger partial charge in [-0.2, -0.15) is 13.2 Å². The van der Waals surface area contributed by atoms with E-state index in [1.54, 1.807) is 13.1 Å². The fourth-order valence-corrected chi connectivity index (χ4v) is 2.10. The number of halogens is 3. The number of hydrogen-bond acceptors (Lipinski definition) is 1. The summed E-state index contributed by atoms with van der Waals surface area (Å²) in [5, 5.41) is 2.62. The van der Waals surface area contributed by atoms with E-state index in [0.29, 0.717) is 12.1 Å². The van der Waals surface area contributed by atoms with Crippen LogP contribution in [0.15, 0.2) is 54.6 Å². The Morgan fingerprint density at radius 3 is 2.35 bits per heavy atom. The highest BCUT2D eigenvalue weighted by Crippen LogP contribution is 2.29. The van der Waals surface area contributed by atoms with E-state index in [2.05, 4.69) is 5.32 Å². The molecule has 3 nitrogen and oxygen atoms in total. The summed E-state index contributed by atoms with van der Waals surface area (Å²) < 4.78 is 37.9. The molecule has 0 atom stereocenters. The molecule has 122 valence electrons. The SMILES string of the molecule is CN(Cc1ccccc1)C(=O)NCc1cccc(C(F)(F)F)c1. The third kappa shape index (κ3) is 5.02. The molecular weight excluding hydrogens is 305 g/mol. The van der Waals surface area contributed by atoms with Gasteiger partial charge < -0.3 is 10.2 Å². The first-order valence-electron chi connectivity index (χ1n) is 7.05. The number of rotatable bonds is 4. The summed E-state index contributed by atoms with van der Waals surface area (Å²) in [5.74, 6) is 0. The molecule has 0 aliphatic carbocycles. The number of carbonyl (C=O) groups excluding carboxylic acids is 1. The van der Waals surface area contributed by atoms with Crippen molar-refractivity contribution in [3.63, 3.8) is 0 Å². The van der Waals surface area contributed by atoms with Crippen molar-refractivity contribution < 1.29 is 18.0 Å². The molecule has 0 fully saturated rings. The van der Waals surface area contributed by atoms with Gasteiger partial charge in [0.15, 0.2) is 0 Å². The molecule has 2 aromatic carbocycles. The van der Waals surface area contributed by atoms with Gasteiger partial charge in [0, 0.05) is 20.1 Å². The van der Waals surface area contributed by atoms with Crippen molar-refractivity contribution in [3.05, 3.63) is 71.3 Å². The summed E-state index contributed by atoms with van der Waals surface area (Å²) >= 11 is 0. The molecule has 1 N–H and O–H groups in total. The monoisotopic (exact) mass is 322 g/mol. The third-order valence-electron chi connectivity index (χ3n) is 3.31. The van der Waals surface area contributed by atoms with Crippen molar-refractivity contribution in [2.45, 2.75) is 19.3 Å². The van der Waals surface area contributed by atoms with Crippen LogP contribution in [-0.2, 0) is 19.3 Å². The Hall–Kier alpha value is -2.50. The topological polar surface area (TPSA) is 32.3 Å². The second kappa shape index (κ2) is 7.17. The smallest absolute Gasteiger partial charge is 0.334 e. The molecule has 0 saturated carbocycles. The minimum atomic E-state index is -4.38. The first-order valence-corrected chi connectivity index (χ1v) is 7.05. The standard InChI is InChI=1S/C17H17F3N2O/c1-22(12-13-6-3-2-4-7-13)16(23)21-11-14-8-5-9-15(10-14)17(18,19)20/h2-10H,11-12H2,1H3,(H,21,23). The Kier molecular flexibility index (Phi) is 5.26. The van der Waals surface area contributed by atoms with Crippen LogP contribution in [0.5, 0.6) is 0 Å². The molecule has 0 aliphatic rings. The Bertz CT molecular complexity index is 656. The molecule has 23 heavy (non-hydrogen) atoms. The van der Waals surface area contributed by atoms with Gasteiger partial charge in [0.25, 0.3) is 0 Å². The maximum Gasteiger partial charge on any atom is 0.416 e. The predicted molar refractivity (Wildman–Crippen MR) is 81.6 cm³/mol. The lowest BCUT2D eigenvalue weighted by Gasteiger charge is -2.18. The summed E-state index contributed by atoms with van der Waals surface area (Å²) in [4.78, 5) is 13.5. The molecule has 2 amide bonds. The number of nitrogens with zero attached hydrogens (tertiary/aromatic N) is 1. The van der Waals surface area contributed by atoms with E-state index in [9.17, 15) is 18.0 Å². The first kappa shape index (κ1) is 16.9.